The highest BCUT2D eigenvalue weighted by molar-refractivity contribution is 5.93. The average molecular weight is 368 g/mol. The molecule has 0 N–H and O–H groups in total. The van der Waals surface area contributed by atoms with Gasteiger partial charge in [0.25, 0.3) is 0 Å². The van der Waals surface area contributed by atoms with Crippen LogP contribution in [0.3, 0.4) is 0 Å². The van der Waals surface area contributed by atoms with Gasteiger partial charge in [0.15, 0.2) is 22.8 Å². The number of hydrogen-bond acceptors (Lipinski definition) is 6. The molecule has 0 unspecified atom stereocenters. The first-order valence-electron chi connectivity index (χ1n) is 8.12. The van der Waals surface area contributed by atoms with Crippen LogP contribution in [0.5, 0.6) is 23.0 Å². The van der Waals surface area contributed by atoms with Crippen molar-refractivity contribution in [1.29, 1.82) is 0 Å². The molecule has 140 valence electrons. The molecule has 3 aromatic rings. The van der Waals surface area contributed by atoms with Crippen molar-refractivity contribution < 1.29 is 28.2 Å². The molecule has 27 heavy (non-hydrogen) atoms. The number of carbonyl (C=O) groups excluding carboxylic acids is 1. The highest BCUT2D eigenvalue weighted by atomic mass is 16.5. The number of fused-ring (bicyclic) bond motifs is 1. The molecule has 0 spiro atoms. The number of methoxy groups -OCH3 is 4. The van der Waals surface area contributed by atoms with E-state index in [1.54, 1.807) is 45.6 Å². The molecule has 0 aliphatic rings. The van der Waals surface area contributed by atoms with Crippen molar-refractivity contribution in [2.24, 2.45) is 0 Å². The maximum atomic E-state index is 11.1. The molecule has 2 aromatic carbocycles. The minimum atomic E-state index is 0.485. The maximum Gasteiger partial charge on any atom is 0.203 e. The second kappa shape index (κ2) is 7.45. The molecule has 1 aromatic heterocycles. The van der Waals surface area contributed by atoms with Gasteiger partial charge in [0, 0.05) is 16.5 Å². The van der Waals surface area contributed by atoms with Crippen molar-refractivity contribution in [1.82, 2.24) is 0 Å². The number of benzene rings is 2. The van der Waals surface area contributed by atoms with Gasteiger partial charge in [0.05, 0.1) is 28.4 Å². The predicted octanol–water partition coefficient (Wildman–Crippen LogP) is 4.34. The average Bonchev–Trinajstić information content (AvgIpc) is 3.15. The molecule has 0 atom stereocenters. The van der Waals surface area contributed by atoms with Crippen LogP contribution in [-0.4, -0.2) is 34.7 Å². The number of carbonyl (C=O) groups is 1. The topological polar surface area (TPSA) is 67.1 Å². The lowest BCUT2D eigenvalue weighted by Crippen LogP contribution is -1.97. The maximum absolute atomic E-state index is 11.1. The van der Waals surface area contributed by atoms with Crippen molar-refractivity contribution in [3.05, 3.63) is 53.8 Å². The van der Waals surface area contributed by atoms with E-state index in [-0.39, 0.29) is 0 Å². The quantitative estimate of drug-likeness (QED) is 0.578. The Hall–Kier alpha value is -3.41. The van der Waals surface area contributed by atoms with E-state index in [9.17, 15) is 4.79 Å². The highest BCUT2D eigenvalue weighted by Crippen LogP contribution is 2.41. The highest BCUT2D eigenvalue weighted by Gasteiger charge is 2.18. The number of aldehydes is 1. The van der Waals surface area contributed by atoms with Gasteiger partial charge in [0.1, 0.15) is 12.0 Å². The Labute approximate surface area is 156 Å². The summed E-state index contributed by atoms with van der Waals surface area (Å²) >= 11 is 0. The van der Waals surface area contributed by atoms with Crippen molar-refractivity contribution in [3.8, 4) is 23.0 Å². The fourth-order valence-corrected chi connectivity index (χ4v) is 2.91. The van der Waals surface area contributed by atoms with Gasteiger partial charge in [-0.1, -0.05) is 6.58 Å². The smallest absolute Gasteiger partial charge is 0.203 e. The zero-order valence-electron chi connectivity index (χ0n) is 15.6. The molecular weight excluding hydrogens is 348 g/mol. The SMILES string of the molecule is C=C(c1cc(OC)c(OC)c(OC)c1)c1cc2cc(C=O)cc(OC)c2o1. The second-order valence-electron chi connectivity index (χ2n) is 5.76. The third kappa shape index (κ3) is 3.21. The lowest BCUT2D eigenvalue weighted by molar-refractivity contribution is 0.112. The normalized spacial score (nSPS) is 10.5. The van der Waals surface area contributed by atoms with Crippen molar-refractivity contribution >= 4 is 22.8 Å². The predicted molar refractivity (Wildman–Crippen MR) is 102 cm³/mol. The lowest BCUT2D eigenvalue weighted by Gasteiger charge is -2.14. The molecule has 0 fully saturated rings. The molecule has 0 saturated heterocycles. The first-order valence-corrected chi connectivity index (χ1v) is 8.12. The van der Waals surface area contributed by atoms with E-state index in [4.69, 9.17) is 23.4 Å². The van der Waals surface area contributed by atoms with Crippen LogP contribution in [0.4, 0.5) is 0 Å². The summed E-state index contributed by atoms with van der Waals surface area (Å²) in [6.45, 7) is 4.14. The van der Waals surface area contributed by atoms with Crippen LogP contribution in [0.25, 0.3) is 16.5 Å². The largest absolute Gasteiger partial charge is 0.493 e. The van der Waals surface area contributed by atoms with E-state index >= 15 is 0 Å². The molecule has 0 radical (unpaired) electrons. The van der Waals surface area contributed by atoms with Crippen LogP contribution in [0.15, 0.2) is 41.3 Å². The van der Waals surface area contributed by atoms with E-state index < -0.39 is 0 Å². The van der Waals surface area contributed by atoms with Gasteiger partial charge in [-0.3, -0.25) is 4.79 Å². The number of furan rings is 1. The molecule has 0 bridgehead atoms. The summed E-state index contributed by atoms with van der Waals surface area (Å²) in [5, 5.41) is 0.750. The Bertz CT molecular complexity index is 990. The Morgan fingerprint density at radius 3 is 2.04 bits per heavy atom. The number of ether oxygens (including phenoxy) is 4. The summed E-state index contributed by atoms with van der Waals surface area (Å²) in [5.74, 6) is 2.56. The van der Waals surface area contributed by atoms with Crippen molar-refractivity contribution in [2.75, 3.05) is 28.4 Å². The van der Waals surface area contributed by atoms with Crippen LogP contribution < -0.4 is 18.9 Å². The van der Waals surface area contributed by atoms with E-state index in [2.05, 4.69) is 6.58 Å². The minimum absolute atomic E-state index is 0.485. The van der Waals surface area contributed by atoms with E-state index in [1.807, 2.05) is 6.07 Å². The first-order chi connectivity index (χ1) is 13.1. The second-order valence-corrected chi connectivity index (χ2v) is 5.76. The fourth-order valence-electron chi connectivity index (χ4n) is 2.91. The van der Waals surface area contributed by atoms with Crippen molar-refractivity contribution in [2.45, 2.75) is 0 Å². The Kier molecular flexibility index (Phi) is 5.07. The minimum Gasteiger partial charge on any atom is -0.493 e. The number of hydrogen-bond donors (Lipinski definition) is 0. The number of rotatable bonds is 7. The van der Waals surface area contributed by atoms with Gasteiger partial charge in [-0.15, -0.1) is 0 Å². The molecule has 6 nitrogen and oxygen atoms in total. The Morgan fingerprint density at radius 2 is 1.52 bits per heavy atom. The van der Waals surface area contributed by atoms with Crippen LogP contribution >= 0.6 is 0 Å². The summed E-state index contributed by atoms with van der Waals surface area (Å²) in [4.78, 5) is 11.1. The summed E-state index contributed by atoms with van der Waals surface area (Å²) < 4.78 is 27.4. The zero-order valence-corrected chi connectivity index (χ0v) is 15.6. The molecule has 3 rings (SSSR count). The molecule has 6 heteroatoms. The van der Waals surface area contributed by atoms with Gasteiger partial charge in [-0.25, -0.2) is 0 Å². The summed E-state index contributed by atoms with van der Waals surface area (Å²) in [5.41, 5.74) is 2.43. The fraction of sp³-hybridized carbons (Fsp3) is 0.190. The zero-order chi connectivity index (χ0) is 19.6. The van der Waals surface area contributed by atoms with E-state index in [0.29, 0.717) is 45.5 Å². The standard InChI is InChI=1S/C21H20O6/c1-12(14-8-18(24-3)21(26-5)19(9-14)25-4)16-10-15-6-13(11-22)7-17(23-2)20(15)27-16/h6-11H,1H2,2-5H3. The van der Waals surface area contributed by atoms with Crippen LogP contribution in [-0.2, 0) is 0 Å². The van der Waals surface area contributed by atoms with Gasteiger partial charge >= 0.3 is 0 Å². The van der Waals surface area contributed by atoms with E-state index in [0.717, 1.165) is 17.2 Å². The van der Waals surface area contributed by atoms with Crippen LogP contribution in [0.1, 0.15) is 21.7 Å². The third-order valence-corrected chi connectivity index (χ3v) is 4.27. The van der Waals surface area contributed by atoms with E-state index in [1.165, 1.54) is 7.11 Å². The molecular formula is C21H20O6. The van der Waals surface area contributed by atoms with Crippen LogP contribution in [0.2, 0.25) is 0 Å². The third-order valence-electron chi connectivity index (χ3n) is 4.27. The molecule has 0 aliphatic heterocycles. The van der Waals surface area contributed by atoms with Gasteiger partial charge in [-0.05, 0) is 35.9 Å². The Balaban J connectivity index is 2.12. The monoisotopic (exact) mass is 368 g/mol. The summed E-state index contributed by atoms with van der Waals surface area (Å²) in [6.07, 6.45) is 0.767. The van der Waals surface area contributed by atoms with Gasteiger partial charge < -0.3 is 23.4 Å². The van der Waals surface area contributed by atoms with Crippen molar-refractivity contribution in [3.63, 3.8) is 0 Å². The molecule has 0 saturated carbocycles. The van der Waals surface area contributed by atoms with Crippen LogP contribution in [0, 0.1) is 0 Å². The summed E-state index contributed by atoms with van der Waals surface area (Å²) in [6, 6.07) is 8.78. The molecule has 0 aliphatic carbocycles. The van der Waals surface area contributed by atoms with Gasteiger partial charge in [0.2, 0.25) is 5.75 Å². The molecule has 0 amide bonds. The molecule has 1 heterocycles. The lowest BCUT2D eigenvalue weighted by atomic mass is 10.0. The summed E-state index contributed by atoms with van der Waals surface area (Å²) in [7, 11) is 6.18. The first kappa shape index (κ1) is 18.4. The van der Waals surface area contributed by atoms with Gasteiger partial charge in [-0.2, -0.15) is 0 Å². The Morgan fingerprint density at radius 1 is 0.889 bits per heavy atom.